The Bertz CT molecular complexity index is 489. The molecule has 0 atom stereocenters. The molecule has 2 nitrogen and oxygen atoms in total. The van der Waals surface area contributed by atoms with Gasteiger partial charge in [0, 0.05) is 15.8 Å². The molecule has 0 spiro atoms. The Kier molecular flexibility index (Phi) is 3.29. The Hall–Kier alpha value is -0.580. The second-order valence-electron chi connectivity index (χ2n) is 2.90. The molecule has 0 saturated heterocycles. The van der Waals surface area contributed by atoms with Crippen LogP contribution in [0.5, 0.6) is 0 Å². The van der Waals surface area contributed by atoms with Gasteiger partial charge in [0.05, 0.1) is 11.8 Å². The van der Waals surface area contributed by atoms with Crippen LogP contribution in [-0.2, 0) is 6.42 Å². The van der Waals surface area contributed by atoms with Gasteiger partial charge in [-0.25, -0.2) is 0 Å². The fourth-order valence-corrected chi connectivity index (χ4v) is 2.90. The van der Waals surface area contributed by atoms with Gasteiger partial charge in [-0.3, -0.25) is 4.79 Å². The zero-order valence-corrected chi connectivity index (χ0v) is 10.7. The summed E-state index contributed by atoms with van der Waals surface area (Å²) in [5.74, 6) is -0.0306. The van der Waals surface area contributed by atoms with Crippen LogP contribution in [0.1, 0.15) is 15.2 Å². The molecule has 2 rings (SSSR count). The van der Waals surface area contributed by atoms with Gasteiger partial charge in [0.1, 0.15) is 0 Å². The van der Waals surface area contributed by atoms with Crippen LogP contribution < -0.4 is 0 Å². The molecule has 0 aliphatic carbocycles. The number of hydrogen-bond donors (Lipinski definition) is 0. The highest BCUT2D eigenvalue weighted by Crippen LogP contribution is 2.26. The summed E-state index contributed by atoms with van der Waals surface area (Å²) in [7, 11) is 0. The topological polar surface area (TPSA) is 30.2 Å². The van der Waals surface area contributed by atoms with Crippen molar-refractivity contribution in [1.29, 1.82) is 0 Å². The maximum atomic E-state index is 11.8. The van der Waals surface area contributed by atoms with E-state index in [1.807, 2.05) is 11.4 Å². The van der Waals surface area contributed by atoms with E-state index < -0.39 is 0 Å². The third-order valence-electron chi connectivity index (χ3n) is 1.93. The average Bonchev–Trinajstić information content (AvgIpc) is 2.76. The Balaban J connectivity index is 2.18. The first-order valence-electron chi connectivity index (χ1n) is 4.16. The number of furan rings is 1. The lowest BCUT2D eigenvalue weighted by Crippen LogP contribution is -2.01. The Morgan fingerprint density at radius 2 is 2.33 bits per heavy atom. The van der Waals surface area contributed by atoms with Crippen molar-refractivity contribution in [3.63, 3.8) is 0 Å². The van der Waals surface area contributed by atoms with E-state index in [1.165, 1.54) is 17.6 Å². The van der Waals surface area contributed by atoms with E-state index in [0.717, 1.165) is 9.35 Å². The molecule has 2 heterocycles. The van der Waals surface area contributed by atoms with Crippen molar-refractivity contribution in [2.24, 2.45) is 0 Å². The number of carbonyl (C=O) groups is 1. The summed E-state index contributed by atoms with van der Waals surface area (Å²) >= 11 is 10.6. The lowest BCUT2D eigenvalue weighted by atomic mass is 10.1. The first-order chi connectivity index (χ1) is 7.18. The van der Waals surface area contributed by atoms with E-state index in [4.69, 9.17) is 16.0 Å². The van der Waals surface area contributed by atoms with Crippen LogP contribution >= 0.6 is 38.9 Å². The van der Waals surface area contributed by atoms with Crippen molar-refractivity contribution < 1.29 is 9.21 Å². The van der Waals surface area contributed by atoms with Crippen molar-refractivity contribution in [3.05, 3.63) is 43.9 Å². The van der Waals surface area contributed by atoms with Gasteiger partial charge < -0.3 is 4.42 Å². The molecule has 0 N–H and O–H groups in total. The molecule has 0 fully saturated rings. The molecular formula is C10H6BrClO2S. The SMILES string of the molecule is O=C(Cc1sccc1Br)c1ccoc1Cl. The van der Waals surface area contributed by atoms with Crippen LogP contribution in [0.2, 0.25) is 5.22 Å². The number of halogens is 2. The Morgan fingerprint density at radius 3 is 2.87 bits per heavy atom. The molecule has 0 saturated carbocycles. The minimum absolute atomic E-state index is 0.0306. The van der Waals surface area contributed by atoms with E-state index in [2.05, 4.69) is 15.9 Å². The average molecular weight is 306 g/mol. The van der Waals surface area contributed by atoms with Crippen LogP contribution in [0.3, 0.4) is 0 Å². The largest absolute Gasteiger partial charge is 0.452 e. The normalized spacial score (nSPS) is 10.5. The highest BCUT2D eigenvalue weighted by Gasteiger charge is 2.15. The number of rotatable bonds is 3. The Morgan fingerprint density at radius 1 is 1.53 bits per heavy atom. The summed E-state index contributed by atoms with van der Waals surface area (Å²) in [4.78, 5) is 12.8. The summed E-state index contributed by atoms with van der Waals surface area (Å²) in [5.41, 5.74) is 0.442. The van der Waals surface area contributed by atoms with Crippen LogP contribution in [-0.4, -0.2) is 5.78 Å². The summed E-state index contributed by atoms with van der Waals surface area (Å²) in [5, 5.41) is 2.09. The van der Waals surface area contributed by atoms with E-state index >= 15 is 0 Å². The first kappa shape index (κ1) is 10.9. The van der Waals surface area contributed by atoms with E-state index in [-0.39, 0.29) is 11.0 Å². The van der Waals surface area contributed by atoms with Crippen molar-refractivity contribution in [1.82, 2.24) is 0 Å². The van der Waals surface area contributed by atoms with Crippen molar-refractivity contribution in [2.45, 2.75) is 6.42 Å². The van der Waals surface area contributed by atoms with Crippen molar-refractivity contribution in [2.75, 3.05) is 0 Å². The summed E-state index contributed by atoms with van der Waals surface area (Å²) in [6.07, 6.45) is 1.76. The van der Waals surface area contributed by atoms with E-state index in [0.29, 0.717) is 12.0 Å². The quantitative estimate of drug-likeness (QED) is 0.796. The maximum Gasteiger partial charge on any atom is 0.203 e. The highest BCUT2D eigenvalue weighted by molar-refractivity contribution is 9.10. The van der Waals surface area contributed by atoms with E-state index in [1.54, 1.807) is 6.07 Å². The molecule has 0 amide bonds. The predicted molar refractivity (Wildman–Crippen MR) is 63.8 cm³/mol. The third kappa shape index (κ3) is 2.33. The molecule has 2 aromatic rings. The number of hydrogen-bond acceptors (Lipinski definition) is 3. The van der Waals surface area contributed by atoms with Gasteiger partial charge in [0.2, 0.25) is 5.22 Å². The second-order valence-corrected chi connectivity index (χ2v) is 5.10. The molecule has 0 aliphatic rings. The maximum absolute atomic E-state index is 11.8. The van der Waals surface area contributed by atoms with Gasteiger partial charge in [-0.1, -0.05) is 0 Å². The predicted octanol–water partition coefficient (Wildman–Crippen LogP) is 4.18. The van der Waals surface area contributed by atoms with Gasteiger partial charge in [-0.2, -0.15) is 0 Å². The lowest BCUT2D eigenvalue weighted by molar-refractivity contribution is 0.0993. The summed E-state index contributed by atoms with van der Waals surface area (Å²) in [6.45, 7) is 0. The van der Waals surface area contributed by atoms with Crippen LogP contribution in [0, 0.1) is 0 Å². The fraction of sp³-hybridized carbons (Fsp3) is 0.100. The number of ketones is 1. The standard InChI is InChI=1S/C10H6BrClO2S/c11-7-2-4-15-9(7)5-8(13)6-1-3-14-10(6)12/h1-4H,5H2. The minimum atomic E-state index is -0.0306. The molecule has 2 aromatic heterocycles. The molecule has 0 radical (unpaired) electrons. The fourth-order valence-electron chi connectivity index (χ4n) is 1.19. The van der Waals surface area contributed by atoms with Gasteiger partial charge in [-0.05, 0) is 45.0 Å². The molecule has 0 unspecified atom stereocenters. The number of Topliss-reactive ketones (excluding diaryl/α,β-unsaturated/α-hetero) is 1. The highest BCUT2D eigenvalue weighted by atomic mass is 79.9. The van der Waals surface area contributed by atoms with Gasteiger partial charge in [-0.15, -0.1) is 11.3 Å². The van der Waals surface area contributed by atoms with Gasteiger partial charge in [0.25, 0.3) is 0 Å². The monoisotopic (exact) mass is 304 g/mol. The molecule has 0 aromatic carbocycles. The summed E-state index contributed by atoms with van der Waals surface area (Å²) in [6, 6.07) is 3.51. The van der Waals surface area contributed by atoms with Gasteiger partial charge >= 0.3 is 0 Å². The van der Waals surface area contributed by atoms with E-state index in [9.17, 15) is 4.79 Å². The molecule has 78 valence electrons. The second kappa shape index (κ2) is 4.51. The molecule has 0 bridgehead atoms. The number of thiophene rings is 1. The van der Waals surface area contributed by atoms with Gasteiger partial charge in [0.15, 0.2) is 5.78 Å². The lowest BCUT2D eigenvalue weighted by Gasteiger charge is -1.96. The van der Waals surface area contributed by atoms with Crippen molar-refractivity contribution >= 4 is 44.7 Å². The van der Waals surface area contributed by atoms with Crippen LogP contribution in [0.4, 0.5) is 0 Å². The zero-order valence-electron chi connectivity index (χ0n) is 7.50. The van der Waals surface area contributed by atoms with Crippen LogP contribution in [0.25, 0.3) is 0 Å². The molecular weight excluding hydrogens is 300 g/mol. The summed E-state index contributed by atoms with van der Waals surface area (Å²) < 4.78 is 5.83. The molecule has 5 heteroatoms. The smallest absolute Gasteiger partial charge is 0.203 e. The third-order valence-corrected chi connectivity index (χ3v) is 4.15. The first-order valence-corrected chi connectivity index (χ1v) is 6.21. The van der Waals surface area contributed by atoms with Crippen LogP contribution in [0.15, 0.2) is 32.7 Å². The zero-order chi connectivity index (χ0) is 10.8. The molecule has 15 heavy (non-hydrogen) atoms. The number of carbonyl (C=O) groups excluding carboxylic acids is 1. The minimum Gasteiger partial charge on any atom is -0.452 e. The molecule has 0 aliphatic heterocycles. The van der Waals surface area contributed by atoms with Crippen molar-refractivity contribution in [3.8, 4) is 0 Å². The Labute approximate surface area is 104 Å².